The molecule has 0 aliphatic carbocycles. The molecule has 9 heterocycles. The highest BCUT2D eigenvalue weighted by Gasteiger charge is 2.28. The van der Waals surface area contributed by atoms with Crippen molar-refractivity contribution in [1.82, 2.24) is 30.1 Å². The number of ether oxygens (including phenoxy) is 3. The Morgan fingerprint density at radius 2 is 0.987 bits per heavy atom. The number of piperazine rings is 3. The molecule has 0 amide bonds. The predicted octanol–water partition coefficient (Wildman–Crippen LogP) is 4.12. The minimum absolute atomic E-state index is 0. The average molecular weight is 1500 g/mol. The van der Waals surface area contributed by atoms with Gasteiger partial charge >= 0.3 is 0 Å². The van der Waals surface area contributed by atoms with Crippen molar-refractivity contribution in [3.05, 3.63) is 69.5 Å². The molecular formula is C42H60Br2ClN9O6S16. The van der Waals surface area contributed by atoms with E-state index in [4.69, 9.17) is 43.0 Å². The van der Waals surface area contributed by atoms with Crippen molar-refractivity contribution in [2.45, 2.75) is 37.5 Å². The second kappa shape index (κ2) is 41.6. The lowest BCUT2D eigenvalue weighted by molar-refractivity contribution is 0.139. The molecular weight excluding hydrogens is 1430 g/mol. The van der Waals surface area contributed by atoms with Crippen molar-refractivity contribution >= 4 is 210 Å². The van der Waals surface area contributed by atoms with Crippen LogP contribution in [0.3, 0.4) is 0 Å². The zero-order valence-corrected chi connectivity index (χ0v) is 58.1. The Bertz CT molecular complexity index is 2900. The van der Waals surface area contributed by atoms with Crippen LogP contribution >= 0.6 is 44.3 Å². The van der Waals surface area contributed by atoms with Gasteiger partial charge in [0.25, 0.3) is 10.1 Å². The topological polar surface area (TPSA) is 138 Å². The van der Waals surface area contributed by atoms with Crippen molar-refractivity contribution in [1.29, 1.82) is 0 Å². The van der Waals surface area contributed by atoms with Crippen LogP contribution in [0.25, 0.3) is 0 Å². The van der Waals surface area contributed by atoms with E-state index in [2.05, 4.69) is 105 Å². The Kier molecular flexibility index (Phi) is 37.8. The highest BCUT2D eigenvalue weighted by molar-refractivity contribution is 9.10. The molecule has 6 aliphatic heterocycles. The van der Waals surface area contributed by atoms with Gasteiger partial charge in [-0.1, -0.05) is 5.92 Å². The second-order valence-electron chi connectivity index (χ2n) is 16.2. The Morgan fingerprint density at radius 1 is 0.592 bits per heavy atom. The van der Waals surface area contributed by atoms with Gasteiger partial charge in [-0.25, -0.2) is 15.0 Å². The van der Waals surface area contributed by atoms with E-state index in [0.29, 0.717) is 31.7 Å². The van der Waals surface area contributed by atoms with Gasteiger partial charge in [0.15, 0.2) is 0 Å². The zero-order valence-electron chi connectivity index (χ0n) is 41.1. The molecule has 34 heteroatoms. The number of terminal acetylenes is 1. The maximum atomic E-state index is 10.5. The summed E-state index contributed by atoms with van der Waals surface area (Å²) in [5, 5.41) is 3.32. The van der Waals surface area contributed by atoms with Crippen LogP contribution in [0.5, 0.6) is 0 Å². The summed E-state index contributed by atoms with van der Waals surface area (Å²) in [6.07, 6.45) is 14.7. The van der Waals surface area contributed by atoms with E-state index >= 15 is 0 Å². The molecule has 1 N–H and O–H groups in total. The summed E-state index contributed by atoms with van der Waals surface area (Å²) in [5.41, 5.74) is 0.838. The Labute approximate surface area is 518 Å². The first-order valence-corrected chi connectivity index (χ1v) is 45.2. The third-order valence-electron chi connectivity index (χ3n) is 11.4. The quantitative estimate of drug-likeness (QED) is 0.268. The molecule has 0 bridgehead atoms. The molecule has 0 aromatic carbocycles. The number of aromatic nitrogens is 3. The van der Waals surface area contributed by atoms with Crippen LogP contribution in [0, 0.1) is 12.3 Å². The molecule has 15 nitrogen and oxygen atoms in total. The fraction of sp³-hybridized carbons (Fsp3) is 0.595. The lowest BCUT2D eigenvalue weighted by Gasteiger charge is -2.38. The maximum Gasteiger partial charge on any atom is 0.264 e. The summed E-state index contributed by atoms with van der Waals surface area (Å²) in [7, 11) is 18.4. The van der Waals surface area contributed by atoms with Crippen molar-refractivity contribution in [2.24, 2.45) is 0 Å². The number of halogens is 3. The molecule has 3 aromatic heterocycles. The number of nitrogens with one attached hydrogen (secondary N) is 1. The van der Waals surface area contributed by atoms with E-state index in [0.717, 1.165) is 143 Å². The first-order chi connectivity index (χ1) is 36.5. The zero-order chi connectivity index (χ0) is 53.4. The second-order valence-corrected chi connectivity index (χ2v) is 42.6. The van der Waals surface area contributed by atoms with Gasteiger partial charge < -0.3 is 34.2 Å². The highest BCUT2D eigenvalue weighted by atomic mass is 79.9. The Morgan fingerprint density at radius 3 is 1.32 bits per heavy atom. The maximum absolute atomic E-state index is 10.5. The van der Waals surface area contributed by atoms with Crippen LogP contribution in [0.2, 0.25) is 0 Å². The van der Waals surface area contributed by atoms with Gasteiger partial charge in [-0.05, 0) is 81.1 Å². The van der Waals surface area contributed by atoms with Crippen molar-refractivity contribution in [3.63, 3.8) is 0 Å². The normalized spacial score (nSPS) is 20.1. The molecule has 0 spiro atoms. The number of pyridine rings is 3. The fourth-order valence-electron chi connectivity index (χ4n) is 7.88. The highest BCUT2D eigenvalue weighted by Crippen LogP contribution is 2.21. The number of nitrogens with zero attached hydrogens (tertiary/aromatic N) is 8. The lowest BCUT2D eigenvalue weighted by atomic mass is 10.2. The van der Waals surface area contributed by atoms with Crippen molar-refractivity contribution < 1.29 is 26.8 Å². The van der Waals surface area contributed by atoms with Crippen LogP contribution in [0.4, 0.5) is 17.5 Å². The van der Waals surface area contributed by atoms with Gasteiger partial charge in [0.2, 0.25) is 0 Å². The molecule has 6 saturated heterocycles. The number of hydrogen-bond donors (Lipinski definition) is 1. The fourth-order valence-corrected chi connectivity index (χ4v) is 39.2. The third-order valence-corrected chi connectivity index (χ3v) is 39.7. The molecule has 0 unspecified atom stereocenters. The van der Waals surface area contributed by atoms with E-state index in [-0.39, 0.29) is 18.5 Å². The van der Waals surface area contributed by atoms with E-state index in [1.54, 1.807) is 104 Å². The third kappa shape index (κ3) is 28.7. The van der Waals surface area contributed by atoms with Crippen molar-refractivity contribution in [2.75, 3.05) is 139 Å². The number of hydrogen-bond acceptors (Lipinski definition) is 17. The minimum atomic E-state index is -3.29. The van der Waals surface area contributed by atoms with Gasteiger partial charge in [-0.2, -0.15) is 8.42 Å². The average Bonchev–Trinajstić information content (AvgIpc) is 4.29. The molecule has 426 valence electrons. The van der Waals surface area contributed by atoms with Gasteiger partial charge in [-0.3, -0.25) is 14.0 Å². The molecule has 3 atom stereocenters. The van der Waals surface area contributed by atoms with Crippen LogP contribution in [-0.2, 0) is 166 Å². The molecule has 9 rings (SSSR count). The molecule has 0 radical (unpaired) electrons. The molecule has 6 aliphatic rings. The largest absolute Gasteiger partial charge is 0.380 e. The molecule has 76 heavy (non-hydrogen) atoms. The van der Waals surface area contributed by atoms with E-state index in [1.165, 1.54) is 30.6 Å². The van der Waals surface area contributed by atoms with E-state index in [1.807, 2.05) is 30.6 Å². The standard InChI is InChI=1S/C15H19N3O.C13H18BrN3O.C9H12BrN3.C5H10O4S.ClH.S15/c1-2-13-3-4-15(16-11-13)18-8-6-17(7-9-18)14-5-10-19-12-14;14-11-1-2-13(15-9-11)17-6-4-16(5-7-17)12-3-8-18-10-12;10-8-1-2-9(12-7-8)13-5-3-11-4-6-13;1-10(6,7)9-5-2-3-8-4-5;;1-3-5-7-9-11-13-15-14-12-10-8-6-4-2/h1,3-4,11,14H,5-10,12H2;1-2,9,12H,3-8,10H2;1-2,7,11H,3-6H2;5H,2-4H2,1H3;1H;/t14-;12-;;5-;;/m00.1../s1. The van der Waals surface area contributed by atoms with E-state index < -0.39 is 10.1 Å². The van der Waals surface area contributed by atoms with Gasteiger partial charge in [-0.15, -0.1) is 18.8 Å². The van der Waals surface area contributed by atoms with Crippen molar-refractivity contribution in [3.8, 4) is 12.3 Å². The van der Waals surface area contributed by atoms with Crippen LogP contribution < -0.4 is 20.0 Å². The minimum Gasteiger partial charge on any atom is -0.380 e. The predicted molar refractivity (Wildman–Crippen MR) is 360 cm³/mol. The van der Waals surface area contributed by atoms with Gasteiger partial charge in [0.1, 0.15) is 23.6 Å². The monoisotopic (exact) mass is 1490 g/mol. The first kappa shape index (κ1) is 69.1. The summed E-state index contributed by atoms with van der Waals surface area (Å²) < 4.78 is 43.6. The Balaban J connectivity index is 0.000000208. The smallest absolute Gasteiger partial charge is 0.264 e. The molecule has 3 aromatic rings. The van der Waals surface area contributed by atoms with Crippen LogP contribution in [-0.4, -0.2) is 176 Å². The Hall–Kier alpha value is 0.630. The summed E-state index contributed by atoms with van der Waals surface area (Å²) in [6, 6.07) is 13.5. The molecule has 0 saturated carbocycles. The molecule has 6 fully saturated rings. The van der Waals surface area contributed by atoms with Gasteiger partial charge in [0, 0.05) is 288 Å². The van der Waals surface area contributed by atoms with Crippen LogP contribution in [0.15, 0.2) is 63.9 Å². The summed E-state index contributed by atoms with van der Waals surface area (Å²) >= 11 is 16.2. The summed E-state index contributed by atoms with van der Waals surface area (Å²) in [4.78, 5) is 25.3. The van der Waals surface area contributed by atoms with Crippen LogP contribution in [0.1, 0.15) is 24.8 Å². The first-order valence-electron chi connectivity index (χ1n) is 23.2. The lowest BCUT2D eigenvalue weighted by Crippen LogP contribution is -2.50. The number of rotatable bonds is 7. The van der Waals surface area contributed by atoms with E-state index in [9.17, 15) is 8.42 Å². The SMILES string of the molecule is Brc1ccc(N2CCN([C@H]3CCOC3)CC2)nc1.Brc1ccc(N2CCNCC2)nc1.C#Cc1ccc(N2CCN([C@H]3CCOC3)CC2)nc1.CS(=O)(=O)O[C@@H]1CCOC1.Cl.S=S=S=S=S=S=S=S=S=S=S=S=S=S=S. The number of anilines is 3. The van der Waals surface area contributed by atoms with Gasteiger partial charge in [0.05, 0.1) is 26.1 Å². The summed E-state index contributed by atoms with van der Waals surface area (Å²) in [6.45, 7) is 17.4. The summed E-state index contributed by atoms with van der Waals surface area (Å²) in [5.74, 6) is 5.78.